The van der Waals surface area contributed by atoms with E-state index >= 15 is 0 Å². The van der Waals surface area contributed by atoms with E-state index in [1.54, 1.807) is 36.5 Å². The van der Waals surface area contributed by atoms with Gasteiger partial charge in [0.25, 0.3) is 0 Å². The molecule has 0 radical (unpaired) electrons. The fourth-order valence-corrected chi connectivity index (χ4v) is 3.06. The van der Waals surface area contributed by atoms with Crippen molar-refractivity contribution in [2.24, 2.45) is 4.99 Å². The van der Waals surface area contributed by atoms with Gasteiger partial charge in [0.05, 0.1) is 21.4 Å². The van der Waals surface area contributed by atoms with Gasteiger partial charge in [0, 0.05) is 11.2 Å². The molecule has 0 aromatic heterocycles. The summed E-state index contributed by atoms with van der Waals surface area (Å²) in [5.41, 5.74) is 1.34. The number of carbonyl (C=O) groups is 1. The minimum atomic E-state index is -1.06. The molecule has 24 heavy (non-hydrogen) atoms. The normalized spacial score (nSPS) is 10.8. The van der Waals surface area contributed by atoms with E-state index in [0.29, 0.717) is 30.8 Å². The number of benzene rings is 2. The van der Waals surface area contributed by atoms with Gasteiger partial charge >= 0.3 is 5.97 Å². The van der Waals surface area contributed by atoms with Gasteiger partial charge in [0.1, 0.15) is 0 Å². The lowest BCUT2D eigenvalue weighted by Gasteiger charge is -2.12. The number of halogens is 3. The van der Waals surface area contributed by atoms with Crippen molar-refractivity contribution in [1.82, 2.24) is 0 Å². The second-order valence-corrected chi connectivity index (χ2v) is 6.58. The first-order chi connectivity index (χ1) is 11.4. The van der Waals surface area contributed by atoms with Crippen LogP contribution in [0.15, 0.2) is 35.3 Å². The zero-order valence-corrected chi connectivity index (χ0v) is 16.1. The number of hydrogen-bond donors (Lipinski definition) is 1. The number of nitrogens with zero attached hydrogens (tertiary/aromatic N) is 1. The van der Waals surface area contributed by atoms with Gasteiger partial charge in [0.2, 0.25) is 0 Å². The molecule has 0 spiro atoms. The molecular formula is C16H12Cl2INO4. The topological polar surface area (TPSA) is 68.1 Å². The number of carboxylic acid groups (broad SMARTS) is 1. The number of aliphatic imine (C=N–C) groups is 1. The fourth-order valence-electron chi connectivity index (χ4n) is 1.82. The average Bonchev–Trinajstić information content (AvgIpc) is 2.52. The number of ether oxygens (including phenoxy) is 2. The molecule has 0 saturated heterocycles. The molecule has 0 aliphatic heterocycles. The zero-order chi connectivity index (χ0) is 17.7. The first-order valence-corrected chi connectivity index (χ1v) is 8.45. The standard InChI is InChI=1S/C16H12Cl2INO4/c1-23-14-5-9(4-12(19)16(14)24-8-15(21)22)7-20-13-3-2-10(17)6-11(13)18/h2-7H,8H2,1H3,(H,21,22). The van der Waals surface area contributed by atoms with E-state index in [4.69, 9.17) is 37.8 Å². The van der Waals surface area contributed by atoms with Gasteiger partial charge in [-0.05, 0) is 58.5 Å². The van der Waals surface area contributed by atoms with E-state index in [2.05, 4.69) is 4.99 Å². The molecule has 8 heteroatoms. The van der Waals surface area contributed by atoms with Gasteiger partial charge in [-0.25, -0.2) is 4.79 Å². The molecule has 0 heterocycles. The molecule has 0 aliphatic rings. The molecule has 2 rings (SSSR count). The summed E-state index contributed by atoms with van der Waals surface area (Å²) in [6, 6.07) is 8.53. The Morgan fingerprint density at radius 1 is 1.33 bits per heavy atom. The first-order valence-electron chi connectivity index (χ1n) is 6.62. The Bertz CT molecular complexity index is 796. The van der Waals surface area contributed by atoms with Gasteiger partial charge in [-0.1, -0.05) is 23.2 Å². The van der Waals surface area contributed by atoms with E-state index < -0.39 is 12.6 Å². The van der Waals surface area contributed by atoms with E-state index in [0.717, 1.165) is 5.56 Å². The summed E-state index contributed by atoms with van der Waals surface area (Å²) in [5.74, 6) is -0.259. The molecule has 1 N–H and O–H groups in total. The van der Waals surface area contributed by atoms with Crippen LogP contribution in [0.2, 0.25) is 10.0 Å². The van der Waals surface area contributed by atoms with Crippen LogP contribution < -0.4 is 9.47 Å². The van der Waals surface area contributed by atoms with E-state index in [-0.39, 0.29) is 0 Å². The zero-order valence-electron chi connectivity index (χ0n) is 12.4. The van der Waals surface area contributed by atoms with Crippen LogP contribution in [0.3, 0.4) is 0 Å². The summed E-state index contributed by atoms with van der Waals surface area (Å²) >= 11 is 14.0. The summed E-state index contributed by atoms with van der Waals surface area (Å²) in [6.45, 7) is -0.444. The molecule has 126 valence electrons. The number of aliphatic carboxylic acids is 1. The lowest BCUT2D eigenvalue weighted by Crippen LogP contribution is -2.11. The van der Waals surface area contributed by atoms with Crippen molar-refractivity contribution in [2.75, 3.05) is 13.7 Å². The molecule has 0 atom stereocenters. The maximum absolute atomic E-state index is 10.7. The van der Waals surface area contributed by atoms with Gasteiger partial charge in [-0.15, -0.1) is 0 Å². The largest absolute Gasteiger partial charge is 0.493 e. The quantitative estimate of drug-likeness (QED) is 0.476. The van der Waals surface area contributed by atoms with Crippen LogP contribution in [0.25, 0.3) is 0 Å². The van der Waals surface area contributed by atoms with Crippen LogP contribution in [0.4, 0.5) is 5.69 Å². The first kappa shape index (κ1) is 18.8. The summed E-state index contributed by atoms with van der Waals surface area (Å²) in [5, 5.41) is 9.71. The molecular weight excluding hydrogens is 468 g/mol. The van der Waals surface area contributed by atoms with Crippen LogP contribution in [0, 0.1) is 3.57 Å². The van der Waals surface area contributed by atoms with Gasteiger partial charge < -0.3 is 14.6 Å². The Kier molecular flexibility index (Phi) is 6.70. The molecule has 0 unspecified atom stereocenters. The number of hydrogen-bond acceptors (Lipinski definition) is 4. The predicted molar refractivity (Wildman–Crippen MR) is 103 cm³/mol. The van der Waals surface area contributed by atoms with E-state index in [1.165, 1.54) is 7.11 Å². The third-order valence-corrected chi connectivity index (χ3v) is 4.19. The summed E-state index contributed by atoms with van der Waals surface area (Å²) in [6.07, 6.45) is 1.63. The van der Waals surface area contributed by atoms with Crippen LogP contribution in [-0.2, 0) is 4.79 Å². The number of methoxy groups -OCH3 is 1. The molecule has 0 saturated carbocycles. The third-order valence-electron chi connectivity index (χ3n) is 2.85. The van der Waals surface area contributed by atoms with Crippen molar-refractivity contribution >= 4 is 63.7 Å². The lowest BCUT2D eigenvalue weighted by molar-refractivity contribution is -0.139. The second kappa shape index (κ2) is 8.55. The SMILES string of the molecule is COc1cc(C=Nc2ccc(Cl)cc2Cl)cc(I)c1OCC(=O)O. The van der Waals surface area contributed by atoms with Crippen LogP contribution in [0.1, 0.15) is 5.56 Å². The molecule has 5 nitrogen and oxygen atoms in total. The Balaban J connectivity index is 2.29. The number of carboxylic acids is 1. The van der Waals surface area contributed by atoms with Gasteiger partial charge in [0.15, 0.2) is 18.1 Å². The fraction of sp³-hybridized carbons (Fsp3) is 0.125. The minimum absolute atomic E-state index is 0.377. The molecule has 0 fully saturated rings. The molecule has 2 aromatic rings. The van der Waals surface area contributed by atoms with Crippen molar-refractivity contribution in [3.8, 4) is 11.5 Å². The summed E-state index contributed by atoms with van der Waals surface area (Å²) < 4.78 is 11.2. The smallest absolute Gasteiger partial charge is 0.341 e. The van der Waals surface area contributed by atoms with Crippen LogP contribution in [-0.4, -0.2) is 31.0 Å². The monoisotopic (exact) mass is 479 g/mol. The van der Waals surface area contributed by atoms with E-state index in [9.17, 15) is 4.79 Å². The van der Waals surface area contributed by atoms with Crippen molar-refractivity contribution in [3.05, 3.63) is 49.5 Å². The Labute approximate surface area is 162 Å². The Morgan fingerprint density at radius 3 is 2.71 bits per heavy atom. The van der Waals surface area contributed by atoms with Crippen molar-refractivity contribution in [2.45, 2.75) is 0 Å². The second-order valence-electron chi connectivity index (χ2n) is 4.57. The molecule has 0 aliphatic carbocycles. The highest BCUT2D eigenvalue weighted by molar-refractivity contribution is 14.1. The van der Waals surface area contributed by atoms with Crippen molar-refractivity contribution in [3.63, 3.8) is 0 Å². The van der Waals surface area contributed by atoms with Crippen LogP contribution >= 0.6 is 45.8 Å². The van der Waals surface area contributed by atoms with Crippen molar-refractivity contribution < 1.29 is 19.4 Å². The Hall–Kier alpha value is -1.51. The maximum Gasteiger partial charge on any atom is 0.341 e. The minimum Gasteiger partial charge on any atom is -0.493 e. The van der Waals surface area contributed by atoms with Crippen LogP contribution in [0.5, 0.6) is 11.5 Å². The highest BCUT2D eigenvalue weighted by atomic mass is 127. The summed E-state index contributed by atoms with van der Waals surface area (Å²) in [4.78, 5) is 15.0. The highest BCUT2D eigenvalue weighted by Gasteiger charge is 2.12. The van der Waals surface area contributed by atoms with Crippen molar-refractivity contribution in [1.29, 1.82) is 0 Å². The third kappa shape index (κ3) is 4.99. The van der Waals surface area contributed by atoms with Gasteiger partial charge in [-0.3, -0.25) is 4.99 Å². The average molecular weight is 480 g/mol. The number of rotatable bonds is 6. The predicted octanol–water partition coefficient (Wildman–Crippen LogP) is 4.82. The molecule has 0 amide bonds. The molecule has 0 bridgehead atoms. The highest BCUT2D eigenvalue weighted by Crippen LogP contribution is 2.34. The van der Waals surface area contributed by atoms with E-state index in [1.807, 2.05) is 22.6 Å². The Morgan fingerprint density at radius 2 is 2.08 bits per heavy atom. The summed E-state index contributed by atoms with van der Waals surface area (Å²) in [7, 11) is 1.48. The lowest BCUT2D eigenvalue weighted by atomic mass is 10.2. The molecule has 2 aromatic carbocycles. The van der Waals surface area contributed by atoms with Gasteiger partial charge in [-0.2, -0.15) is 0 Å². The maximum atomic E-state index is 10.7.